The first kappa shape index (κ1) is 20.8. The van der Waals surface area contributed by atoms with Crippen molar-refractivity contribution >= 4 is 44.9 Å². The molecule has 0 radical (unpaired) electrons. The molecule has 0 aliphatic carbocycles. The molecule has 0 unspecified atom stereocenters. The van der Waals surface area contributed by atoms with E-state index in [9.17, 15) is 0 Å². The van der Waals surface area contributed by atoms with E-state index in [0.717, 1.165) is 21.8 Å². The standard InChI is InChI=1S/C26H21N5O4/c1-32-21-12-18-19(13-22(21)33-2)29-26(30-24-17-6-4-3-5-15(17)9-10-27-24)31-25(18)28-16-7-8-20-23(11-16)35-14-34-20/h3-13H,14H2,1-2H3,(H2,27,28,29,30,31). The Morgan fingerprint density at radius 1 is 0.771 bits per heavy atom. The molecule has 0 saturated heterocycles. The van der Waals surface area contributed by atoms with Gasteiger partial charge in [-0.05, 0) is 29.7 Å². The zero-order valence-corrected chi connectivity index (χ0v) is 19.0. The summed E-state index contributed by atoms with van der Waals surface area (Å²) in [6.07, 6.45) is 1.76. The van der Waals surface area contributed by atoms with Crippen LogP contribution in [-0.4, -0.2) is 36.0 Å². The molecule has 1 aliphatic rings. The van der Waals surface area contributed by atoms with Crippen LogP contribution in [0.3, 0.4) is 0 Å². The highest BCUT2D eigenvalue weighted by Crippen LogP contribution is 2.38. The number of ether oxygens (including phenoxy) is 4. The molecule has 3 heterocycles. The van der Waals surface area contributed by atoms with Crippen molar-refractivity contribution < 1.29 is 18.9 Å². The van der Waals surface area contributed by atoms with Crippen molar-refractivity contribution in [3.8, 4) is 23.0 Å². The van der Waals surface area contributed by atoms with Gasteiger partial charge in [-0.2, -0.15) is 4.98 Å². The largest absolute Gasteiger partial charge is 0.493 e. The Morgan fingerprint density at radius 2 is 1.60 bits per heavy atom. The number of fused-ring (bicyclic) bond motifs is 3. The van der Waals surface area contributed by atoms with Crippen molar-refractivity contribution in [2.24, 2.45) is 0 Å². The molecule has 6 rings (SSSR count). The molecule has 0 atom stereocenters. The zero-order chi connectivity index (χ0) is 23.8. The first-order chi connectivity index (χ1) is 17.2. The van der Waals surface area contributed by atoms with Gasteiger partial charge in [-0.3, -0.25) is 0 Å². The van der Waals surface area contributed by atoms with Gasteiger partial charge in [0.15, 0.2) is 23.0 Å². The average Bonchev–Trinajstić information content (AvgIpc) is 3.36. The van der Waals surface area contributed by atoms with Gasteiger partial charge in [0.1, 0.15) is 11.6 Å². The van der Waals surface area contributed by atoms with E-state index in [4.69, 9.17) is 28.9 Å². The first-order valence-corrected chi connectivity index (χ1v) is 10.9. The molecule has 0 saturated carbocycles. The molecule has 0 fully saturated rings. The number of aromatic nitrogens is 3. The van der Waals surface area contributed by atoms with Crippen LogP contribution < -0.4 is 29.6 Å². The molecule has 5 aromatic rings. The molecule has 1 aliphatic heterocycles. The van der Waals surface area contributed by atoms with Crippen LogP contribution >= 0.6 is 0 Å². The maximum absolute atomic E-state index is 5.52. The summed E-state index contributed by atoms with van der Waals surface area (Å²) < 4.78 is 22.0. The number of hydrogen-bond acceptors (Lipinski definition) is 9. The summed E-state index contributed by atoms with van der Waals surface area (Å²) in [7, 11) is 3.19. The molecule has 2 aromatic heterocycles. The second-order valence-electron chi connectivity index (χ2n) is 7.82. The van der Waals surface area contributed by atoms with Crippen LogP contribution in [0.1, 0.15) is 0 Å². The molecule has 9 nitrogen and oxygen atoms in total. The molecular weight excluding hydrogens is 446 g/mol. The molecule has 9 heteroatoms. The van der Waals surface area contributed by atoms with Crippen LogP contribution in [0.15, 0.2) is 66.9 Å². The normalized spacial score (nSPS) is 12.1. The summed E-state index contributed by atoms with van der Waals surface area (Å²) in [5.74, 6) is 4.16. The fourth-order valence-corrected chi connectivity index (χ4v) is 4.04. The maximum Gasteiger partial charge on any atom is 0.231 e. The Balaban J connectivity index is 1.47. The molecule has 0 bridgehead atoms. The van der Waals surface area contributed by atoms with E-state index in [0.29, 0.717) is 46.1 Å². The van der Waals surface area contributed by atoms with Crippen molar-refractivity contribution in [2.75, 3.05) is 31.6 Å². The quantitative estimate of drug-likeness (QED) is 0.339. The lowest BCUT2D eigenvalue weighted by atomic mass is 10.1. The molecule has 174 valence electrons. The van der Waals surface area contributed by atoms with Gasteiger partial charge in [-0.25, -0.2) is 9.97 Å². The second-order valence-corrected chi connectivity index (χ2v) is 7.82. The SMILES string of the molecule is COc1cc2nc(Nc3nccc4ccccc34)nc(Nc3ccc4c(c3)OCO4)c2cc1OC. The fourth-order valence-electron chi connectivity index (χ4n) is 4.04. The van der Waals surface area contributed by atoms with Crippen LogP contribution in [0.4, 0.5) is 23.3 Å². The topological polar surface area (TPSA) is 99.7 Å². The van der Waals surface area contributed by atoms with E-state index in [-0.39, 0.29) is 6.79 Å². The molecule has 0 spiro atoms. The maximum atomic E-state index is 5.52. The third-order valence-electron chi connectivity index (χ3n) is 5.74. The van der Waals surface area contributed by atoms with Gasteiger partial charge < -0.3 is 29.6 Å². The Kier molecular flexibility index (Phi) is 5.07. The van der Waals surface area contributed by atoms with Crippen molar-refractivity contribution in [1.82, 2.24) is 15.0 Å². The van der Waals surface area contributed by atoms with Crippen LogP contribution in [0.5, 0.6) is 23.0 Å². The summed E-state index contributed by atoms with van der Waals surface area (Å²) in [4.78, 5) is 14.0. The number of nitrogens with zero attached hydrogens (tertiary/aromatic N) is 3. The predicted molar refractivity (Wildman–Crippen MR) is 134 cm³/mol. The number of hydrogen-bond donors (Lipinski definition) is 2. The molecular formula is C26H21N5O4. The Hall–Kier alpha value is -4.79. The first-order valence-electron chi connectivity index (χ1n) is 10.9. The van der Waals surface area contributed by atoms with Gasteiger partial charge in [0.2, 0.25) is 12.7 Å². The minimum atomic E-state index is 0.207. The fraction of sp³-hybridized carbons (Fsp3) is 0.115. The third kappa shape index (κ3) is 3.82. The number of rotatable bonds is 6. The number of benzene rings is 3. The van der Waals surface area contributed by atoms with E-state index in [2.05, 4.69) is 15.6 Å². The van der Waals surface area contributed by atoms with Crippen molar-refractivity contribution in [2.45, 2.75) is 0 Å². The van der Waals surface area contributed by atoms with E-state index in [1.165, 1.54) is 0 Å². The van der Waals surface area contributed by atoms with Crippen molar-refractivity contribution in [3.05, 3.63) is 66.9 Å². The molecule has 35 heavy (non-hydrogen) atoms. The lowest BCUT2D eigenvalue weighted by Gasteiger charge is -2.15. The lowest BCUT2D eigenvalue weighted by molar-refractivity contribution is 0.174. The molecule has 2 N–H and O–H groups in total. The van der Waals surface area contributed by atoms with E-state index >= 15 is 0 Å². The van der Waals surface area contributed by atoms with Gasteiger partial charge >= 0.3 is 0 Å². The highest BCUT2D eigenvalue weighted by atomic mass is 16.7. The highest BCUT2D eigenvalue weighted by Gasteiger charge is 2.17. The van der Waals surface area contributed by atoms with E-state index < -0.39 is 0 Å². The van der Waals surface area contributed by atoms with Gasteiger partial charge in [0.05, 0.1) is 19.7 Å². The number of pyridine rings is 1. The van der Waals surface area contributed by atoms with Gasteiger partial charge in [0.25, 0.3) is 0 Å². The monoisotopic (exact) mass is 467 g/mol. The van der Waals surface area contributed by atoms with Gasteiger partial charge in [-0.1, -0.05) is 24.3 Å². The number of anilines is 4. The van der Waals surface area contributed by atoms with Gasteiger partial charge in [0, 0.05) is 34.8 Å². The highest BCUT2D eigenvalue weighted by molar-refractivity contribution is 5.96. The third-order valence-corrected chi connectivity index (χ3v) is 5.74. The Morgan fingerprint density at radius 3 is 2.49 bits per heavy atom. The Bertz CT molecular complexity index is 1570. The van der Waals surface area contributed by atoms with Crippen LogP contribution in [0.25, 0.3) is 21.7 Å². The van der Waals surface area contributed by atoms with Crippen LogP contribution in [0.2, 0.25) is 0 Å². The molecule has 0 amide bonds. The minimum Gasteiger partial charge on any atom is -0.493 e. The Labute approximate surface area is 200 Å². The number of nitrogens with one attached hydrogen (secondary N) is 2. The summed E-state index contributed by atoms with van der Waals surface area (Å²) in [5, 5.41) is 9.46. The van der Waals surface area contributed by atoms with E-state index in [1.807, 2.05) is 60.7 Å². The van der Waals surface area contributed by atoms with Crippen molar-refractivity contribution in [3.63, 3.8) is 0 Å². The average molecular weight is 467 g/mol. The van der Waals surface area contributed by atoms with E-state index in [1.54, 1.807) is 20.4 Å². The van der Waals surface area contributed by atoms with Gasteiger partial charge in [-0.15, -0.1) is 0 Å². The lowest BCUT2D eigenvalue weighted by Crippen LogP contribution is -2.04. The minimum absolute atomic E-state index is 0.207. The predicted octanol–water partition coefficient (Wildman–Crippen LogP) is 5.41. The number of methoxy groups -OCH3 is 2. The second kappa shape index (κ2) is 8.53. The van der Waals surface area contributed by atoms with Crippen LogP contribution in [-0.2, 0) is 0 Å². The zero-order valence-electron chi connectivity index (χ0n) is 19.0. The van der Waals surface area contributed by atoms with Crippen molar-refractivity contribution in [1.29, 1.82) is 0 Å². The summed E-state index contributed by atoms with van der Waals surface area (Å²) in [6, 6.07) is 19.3. The molecule has 3 aromatic carbocycles. The smallest absolute Gasteiger partial charge is 0.231 e. The summed E-state index contributed by atoms with van der Waals surface area (Å²) >= 11 is 0. The van der Waals surface area contributed by atoms with Crippen LogP contribution in [0, 0.1) is 0 Å². The summed E-state index contributed by atoms with van der Waals surface area (Å²) in [6.45, 7) is 0.207. The summed E-state index contributed by atoms with van der Waals surface area (Å²) in [5.41, 5.74) is 1.46.